The van der Waals surface area contributed by atoms with Gasteiger partial charge in [0, 0.05) is 13.0 Å². The Kier molecular flexibility index (Phi) is 5.30. The molecule has 6 nitrogen and oxygen atoms in total. The number of hydrogen-bond donors (Lipinski definition) is 2. The highest BCUT2D eigenvalue weighted by Crippen LogP contribution is 2.27. The normalized spacial score (nSPS) is 24.6. The van der Waals surface area contributed by atoms with Crippen molar-refractivity contribution >= 4 is 0 Å². The second kappa shape index (κ2) is 7.70. The molecule has 0 radical (unpaired) electrons. The first-order chi connectivity index (χ1) is 13.0. The number of nitrogens with one attached hydrogen (secondary N) is 1. The molecule has 0 saturated carbocycles. The maximum Gasteiger partial charge on any atom is 0.151 e. The van der Waals surface area contributed by atoms with E-state index >= 15 is 0 Å². The topological polar surface area (TPSA) is 66.2 Å². The number of hydrogen-bond acceptors (Lipinski definition) is 5. The van der Waals surface area contributed by atoms with Crippen LogP contribution < -0.4 is 5.32 Å². The Labute approximate surface area is 161 Å². The number of aromatic nitrogens is 3. The molecular weight excluding hydrogens is 338 g/mol. The highest BCUT2D eigenvalue weighted by molar-refractivity contribution is 5.42. The van der Waals surface area contributed by atoms with Crippen molar-refractivity contribution in [2.24, 2.45) is 5.92 Å². The molecule has 0 aliphatic carbocycles. The van der Waals surface area contributed by atoms with Gasteiger partial charge in [-0.25, -0.2) is 9.67 Å². The first-order valence-corrected chi connectivity index (χ1v) is 10.1. The number of nitrogens with zero attached hydrogens (tertiary/aromatic N) is 4. The molecule has 0 bridgehead atoms. The van der Waals surface area contributed by atoms with Crippen LogP contribution in [0.4, 0.5) is 0 Å². The van der Waals surface area contributed by atoms with Crippen molar-refractivity contribution in [2.45, 2.75) is 51.7 Å². The summed E-state index contributed by atoms with van der Waals surface area (Å²) < 4.78 is 2.01. The maximum absolute atomic E-state index is 9.98. The summed E-state index contributed by atoms with van der Waals surface area (Å²) in [7, 11) is 2.19. The van der Waals surface area contributed by atoms with Gasteiger partial charge < -0.3 is 15.3 Å². The molecule has 2 fully saturated rings. The minimum atomic E-state index is -0.309. The molecule has 2 aromatic rings. The second-order valence-electron chi connectivity index (χ2n) is 8.39. The molecule has 0 unspecified atom stereocenters. The number of aliphatic hydroxyl groups excluding tert-OH is 1. The Bertz CT molecular complexity index is 794. The average Bonchev–Trinajstić information content (AvgIpc) is 3.23. The molecule has 4 rings (SSSR count). The van der Waals surface area contributed by atoms with Crippen molar-refractivity contribution in [2.75, 3.05) is 26.7 Å². The third-order valence-electron chi connectivity index (χ3n) is 5.99. The molecule has 2 aliphatic heterocycles. The van der Waals surface area contributed by atoms with Gasteiger partial charge in [0.05, 0.1) is 17.8 Å². The molecule has 2 N–H and O–H groups in total. The van der Waals surface area contributed by atoms with E-state index in [0.29, 0.717) is 18.9 Å². The number of rotatable bonds is 4. The number of aliphatic hydroxyl groups is 1. The van der Waals surface area contributed by atoms with Gasteiger partial charge in [0.2, 0.25) is 0 Å². The summed E-state index contributed by atoms with van der Waals surface area (Å²) in [5.41, 5.74) is 3.53. The second-order valence-corrected chi connectivity index (χ2v) is 8.39. The van der Waals surface area contributed by atoms with Gasteiger partial charge in [0.25, 0.3) is 0 Å². The van der Waals surface area contributed by atoms with Crippen molar-refractivity contribution in [3.63, 3.8) is 0 Å². The van der Waals surface area contributed by atoms with Crippen LogP contribution in [-0.4, -0.2) is 57.6 Å². The largest absolute Gasteiger partial charge is 0.392 e. The Morgan fingerprint density at radius 3 is 2.67 bits per heavy atom. The highest BCUT2D eigenvalue weighted by Gasteiger charge is 2.30. The summed E-state index contributed by atoms with van der Waals surface area (Å²) in [5.74, 6) is 2.52. The lowest BCUT2D eigenvalue weighted by Gasteiger charge is -2.28. The number of aryl methyl sites for hydroxylation is 2. The smallest absolute Gasteiger partial charge is 0.151 e. The van der Waals surface area contributed by atoms with Gasteiger partial charge in [-0.05, 0) is 70.8 Å². The summed E-state index contributed by atoms with van der Waals surface area (Å²) in [5, 5.41) is 18.3. The molecule has 1 aromatic heterocycles. The van der Waals surface area contributed by atoms with Crippen LogP contribution in [-0.2, 0) is 6.42 Å². The molecular formula is C21H31N5O. The highest BCUT2D eigenvalue weighted by atomic mass is 16.3. The van der Waals surface area contributed by atoms with E-state index in [0.717, 1.165) is 36.8 Å². The molecule has 0 amide bonds. The zero-order chi connectivity index (χ0) is 19.0. The average molecular weight is 370 g/mol. The monoisotopic (exact) mass is 369 g/mol. The van der Waals surface area contributed by atoms with Gasteiger partial charge in [-0.15, -0.1) is 0 Å². The third-order valence-corrected chi connectivity index (χ3v) is 5.99. The molecule has 1 aromatic carbocycles. The molecule has 2 atom stereocenters. The summed E-state index contributed by atoms with van der Waals surface area (Å²) in [4.78, 5) is 7.34. The van der Waals surface area contributed by atoms with Crippen LogP contribution in [0.1, 0.15) is 48.1 Å². The molecule has 2 aliphatic rings. The van der Waals surface area contributed by atoms with Crippen LogP contribution in [0.5, 0.6) is 0 Å². The first kappa shape index (κ1) is 18.6. The summed E-state index contributed by atoms with van der Waals surface area (Å²) >= 11 is 0. The fraction of sp³-hybridized carbons (Fsp3) is 0.619. The molecule has 2 saturated heterocycles. The number of β-amino-alcohol motifs (C(OH)–C–C–N with tert-alkyl or cyclic N) is 1. The van der Waals surface area contributed by atoms with Gasteiger partial charge in [-0.1, -0.05) is 17.7 Å². The van der Waals surface area contributed by atoms with Crippen LogP contribution in [0.15, 0.2) is 18.2 Å². The minimum absolute atomic E-state index is 0.0550. The van der Waals surface area contributed by atoms with E-state index in [1.807, 2.05) is 4.68 Å². The predicted molar refractivity (Wildman–Crippen MR) is 106 cm³/mol. The fourth-order valence-electron chi connectivity index (χ4n) is 4.34. The van der Waals surface area contributed by atoms with Gasteiger partial charge in [0.15, 0.2) is 5.82 Å². The Morgan fingerprint density at radius 1 is 1.22 bits per heavy atom. The lowest BCUT2D eigenvalue weighted by atomic mass is 9.94. The van der Waals surface area contributed by atoms with E-state index in [-0.39, 0.29) is 12.1 Å². The van der Waals surface area contributed by atoms with Crippen molar-refractivity contribution in [3.8, 4) is 5.69 Å². The molecule has 27 heavy (non-hydrogen) atoms. The standard InChI is InChI=1S/C21H31N5O/c1-14-4-5-19(15(2)10-14)26-21(18-12-17(27)13-22-18)23-20(24-26)11-16-6-8-25(3)9-7-16/h4-5,10,16-18,22,27H,6-9,11-13H2,1-3H3/t17-,18+/m1/s1. The molecule has 3 heterocycles. The van der Waals surface area contributed by atoms with E-state index in [4.69, 9.17) is 10.1 Å². The zero-order valence-corrected chi connectivity index (χ0v) is 16.6. The van der Waals surface area contributed by atoms with Gasteiger partial charge >= 0.3 is 0 Å². The van der Waals surface area contributed by atoms with Crippen molar-refractivity contribution < 1.29 is 5.11 Å². The van der Waals surface area contributed by atoms with Crippen molar-refractivity contribution in [3.05, 3.63) is 41.0 Å². The van der Waals surface area contributed by atoms with E-state index < -0.39 is 0 Å². The summed E-state index contributed by atoms with van der Waals surface area (Å²) in [6, 6.07) is 6.50. The first-order valence-electron chi connectivity index (χ1n) is 10.1. The molecule has 6 heteroatoms. The zero-order valence-electron chi connectivity index (χ0n) is 16.6. The van der Waals surface area contributed by atoms with E-state index in [2.05, 4.69) is 49.3 Å². The summed E-state index contributed by atoms with van der Waals surface area (Å²) in [6.45, 7) is 7.17. The van der Waals surface area contributed by atoms with E-state index in [9.17, 15) is 5.11 Å². The van der Waals surface area contributed by atoms with E-state index in [1.54, 1.807) is 0 Å². The van der Waals surface area contributed by atoms with E-state index in [1.165, 1.54) is 24.0 Å². The van der Waals surface area contributed by atoms with Crippen LogP contribution >= 0.6 is 0 Å². The minimum Gasteiger partial charge on any atom is -0.392 e. The van der Waals surface area contributed by atoms with Gasteiger partial charge in [0.1, 0.15) is 5.82 Å². The van der Waals surface area contributed by atoms with Gasteiger partial charge in [-0.3, -0.25) is 0 Å². The quantitative estimate of drug-likeness (QED) is 0.865. The van der Waals surface area contributed by atoms with Crippen molar-refractivity contribution in [1.29, 1.82) is 0 Å². The Balaban J connectivity index is 1.64. The lowest BCUT2D eigenvalue weighted by molar-refractivity contribution is 0.193. The SMILES string of the molecule is Cc1ccc(-n2nc(CC3CCN(C)CC3)nc2[C@@H]2C[C@@H](O)CN2)c(C)c1. The number of likely N-dealkylation sites (tertiary alicyclic amines) is 1. The summed E-state index contributed by atoms with van der Waals surface area (Å²) in [6.07, 6.45) is 3.75. The fourth-order valence-corrected chi connectivity index (χ4v) is 4.34. The Hall–Kier alpha value is -1.76. The number of benzene rings is 1. The predicted octanol–water partition coefficient (Wildman–Crippen LogP) is 2.16. The lowest BCUT2D eigenvalue weighted by Crippen LogP contribution is -2.31. The number of piperidine rings is 1. The van der Waals surface area contributed by atoms with Crippen LogP contribution in [0.25, 0.3) is 5.69 Å². The van der Waals surface area contributed by atoms with Crippen LogP contribution in [0.3, 0.4) is 0 Å². The molecule has 146 valence electrons. The molecule has 0 spiro atoms. The van der Waals surface area contributed by atoms with Crippen molar-refractivity contribution in [1.82, 2.24) is 25.0 Å². The Morgan fingerprint density at radius 2 is 2.00 bits per heavy atom. The maximum atomic E-state index is 9.98. The van der Waals surface area contributed by atoms with Crippen LogP contribution in [0, 0.1) is 19.8 Å². The van der Waals surface area contributed by atoms with Gasteiger partial charge in [-0.2, -0.15) is 5.10 Å². The third kappa shape index (κ3) is 4.08. The van der Waals surface area contributed by atoms with Crippen LogP contribution in [0.2, 0.25) is 0 Å².